The standard InChI is InChI=1S/C11H21N3O2/c1-6(15)9(16)10-4-2-3-7(8(10)5-10)11(12,13)14/h7-9,16H,2-5,12-14H2,1H3/t7-,8?,9?,10?/m0/s1. The van der Waals surface area contributed by atoms with Crippen molar-refractivity contribution in [3.63, 3.8) is 0 Å². The maximum absolute atomic E-state index is 11.3. The molecule has 2 saturated carbocycles. The third-order valence-corrected chi connectivity index (χ3v) is 4.39. The number of Topliss-reactive ketones (excluding diaryl/α,β-unsaturated/α-hetero) is 1. The molecule has 16 heavy (non-hydrogen) atoms. The van der Waals surface area contributed by atoms with E-state index in [1.807, 2.05) is 0 Å². The van der Waals surface area contributed by atoms with Gasteiger partial charge in [-0.1, -0.05) is 6.42 Å². The SMILES string of the molecule is CC(=O)C(O)C12CCC[C@H](C(N)(N)N)C1C2. The maximum atomic E-state index is 11.3. The van der Waals surface area contributed by atoms with Crippen molar-refractivity contribution in [1.29, 1.82) is 0 Å². The van der Waals surface area contributed by atoms with Gasteiger partial charge in [0.05, 0.1) is 0 Å². The van der Waals surface area contributed by atoms with Crippen LogP contribution in [0.3, 0.4) is 0 Å². The number of aliphatic hydroxyl groups excluding tert-OH is 1. The Morgan fingerprint density at radius 2 is 2.12 bits per heavy atom. The van der Waals surface area contributed by atoms with E-state index in [0.29, 0.717) is 0 Å². The van der Waals surface area contributed by atoms with E-state index in [9.17, 15) is 9.90 Å². The lowest BCUT2D eigenvalue weighted by Gasteiger charge is -2.37. The van der Waals surface area contributed by atoms with Crippen LogP contribution in [-0.2, 0) is 4.79 Å². The maximum Gasteiger partial charge on any atom is 0.158 e. The summed E-state index contributed by atoms with van der Waals surface area (Å²) in [5.41, 5.74) is 17.0. The number of hydrogen-bond acceptors (Lipinski definition) is 5. The summed E-state index contributed by atoms with van der Waals surface area (Å²) in [6.07, 6.45) is 2.65. The highest BCUT2D eigenvalue weighted by molar-refractivity contribution is 5.81. The minimum absolute atomic E-state index is 0.00949. The molecule has 0 spiro atoms. The summed E-state index contributed by atoms with van der Waals surface area (Å²) in [4.78, 5) is 11.3. The fraction of sp³-hybridized carbons (Fsp3) is 0.909. The first-order chi connectivity index (χ1) is 7.29. The van der Waals surface area contributed by atoms with Crippen LogP contribution in [0.1, 0.15) is 32.6 Å². The second kappa shape index (κ2) is 3.50. The Bertz CT molecular complexity index is 313. The molecule has 3 unspecified atom stereocenters. The van der Waals surface area contributed by atoms with Crippen LogP contribution < -0.4 is 17.2 Å². The minimum Gasteiger partial charge on any atom is -0.385 e. The van der Waals surface area contributed by atoms with Crippen LogP contribution in [0.25, 0.3) is 0 Å². The lowest BCUT2D eigenvalue weighted by atomic mass is 9.75. The molecule has 0 saturated heterocycles. The van der Waals surface area contributed by atoms with Gasteiger partial charge < -0.3 is 22.3 Å². The predicted octanol–water partition coefficient (Wildman–Crippen LogP) is -0.727. The zero-order valence-corrected chi connectivity index (χ0v) is 9.65. The van der Waals surface area contributed by atoms with Crippen molar-refractivity contribution < 1.29 is 9.90 Å². The highest BCUT2D eigenvalue weighted by Gasteiger charge is 2.65. The zero-order valence-electron chi connectivity index (χ0n) is 9.65. The van der Waals surface area contributed by atoms with E-state index in [0.717, 1.165) is 25.7 Å². The summed E-state index contributed by atoms with van der Waals surface area (Å²) in [6, 6.07) is 0. The number of carbonyl (C=O) groups is 1. The lowest BCUT2D eigenvalue weighted by molar-refractivity contribution is -0.130. The molecule has 0 bridgehead atoms. The molecule has 7 N–H and O–H groups in total. The highest BCUT2D eigenvalue weighted by atomic mass is 16.3. The van der Waals surface area contributed by atoms with Crippen molar-refractivity contribution in [3.05, 3.63) is 0 Å². The highest BCUT2D eigenvalue weighted by Crippen LogP contribution is 2.66. The largest absolute Gasteiger partial charge is 0.385 e. The van der Waals surface area contributed by atoms with Crippen LogP contribution in [-0.4, -0.2) is 22.8 Å². The normalized spacial score (nSPS) is 40.1. The summed E-state index contributed by atoms with van der Waals surface area (Å²) in [7, 11) is 0. The molecule has 0 aliphatic heterocycles. The van der Waals surface area contributed by atoms with E-state index in [-0.39, 0.29) is 23.0 Å². The van der Waals surface area contributed by atoms with Crippen molar-refractivity contribution in [3.8, 4) is 0 Å². The van der Waals surface area contributed by atoms with Gasteiger partial charge >= 0.3 is 0 Å². The summed E-state index contributed by atoms with van der Waals surface area (Å²) in [5, 5.41) is 9.96. The molecule has 4 atom stereocenters. The van der Waals surface area contributed by atoms with E-state index in [4.69, 9.17) is 17.2 Å². The zero-order chi connectivity index (χ0) is 12.1. The van der Waals surface area contributed by atoms with Gasteiger partial charge in [0.2, 0.25) is 0 Å². The average Bonchev–Trinajstić information content (AvgIpc) is 2.89. The number of carbonyl (C=O) groups excluding carboxylic acids is 1. The van der Waals surface area contributed by atoms with Crippen LogP contribution in [0.15, 0.2) is 0 Å². The third-order valence-electron chi connectivity index (χ3n) is 4.39. The first-order valence-corrected chi connectivity index (χ1v) is 5.84. The van der Waals surface area contributed by atoms with E-state index in [1.54, 1.807) is 0 Å². The van der Waals surface area contributed by atoms with Crippen molar-refractivity contribution >= 4 is 5.78 Å². The molecule has 0 radical (unpaired) electrons. The molecule has 0 aromatic heterocycles. The first-order valence-electron chi connectivity index (χ1n) is 5.84. The fourth-order valence-electron chi connectivity index (χ4n) is 3.49. The summed E-state index contributed by atoms with van der Waals surface area (Å²) in [6.45, 7) is 1.43. The van der Waals surface area contributed by atoms with Crippen LogP contribution in [0.4, 0.5) is 0 Å². The van der Waals surface area contributed by atoms with Gasteiger partial charge in [-0.2, -0.15) is 0 Å². The molecule has 5 nitrogen and oxygen atoms in total. The molecule has 2 fully saturated rings. The molecule has 2 aliphatic carbocycles. The number of rotatable bonds is 3. The Hall–Kier alpha value is -0.490. The van der Waals surface area contributed by atoms with Crippen molar-refractivity contribution in [2.75, 3.05) is 0 Å². The molecule has 2 aliphatic rings. The quantitative estimate of drug-likeness (QED) is 0.475. The average molecular weight is 227 g/mol. The lowest BCUT2D eigenvalue weighted by Crippen LogP contribution is -2.64. The molecule has 0 aromatic rings. The van der Waals surface area contributed by atoms with Crippen molar-refractivity contribution in [2.24, 2.45) is 34.5 Å². The smallest absolute Gasteiger partial charge is 0.158 e. The second-order valence-electron chi connectivity index (χ2n) is 5.56. The van der Waals surface area contributed by atoms with Gasteiger partial charge in [0, 0.05) is 11.3 Å². The van der Waals surface area contributed by atoms with Crippen molar-refractivity contribution in [1.82, 2.24) is 0 Å². The van der Waals surface area contributed by atoms with Crippen LogP contribution >= 0.6 is 0 Å². The molecule has 0 heterocycles. The third kappa shape index (κ3) is 1.68. The van der Waals surface area contributed by atoms with Gasteiger partial charge in [0.15, 0.2) is 5.78 Å². The Kier molecular flexibility index (Phi) is 2.62. The fourth-order valence-corrected chi connectivity index (χ4v) is 3.49. The molecule has 2 rings (SSSR count). The summed E-state index contributed by atoms with van der Waals surface area (Å²) >= 11 is 0. The Balaban J connectivity index is 2.15. The summed E-state index contributed by atoms with van der Waals surface area (Å²) in [5.74, 6) is -1.14. The van der Waals surface area contributed by atoms with Gasteiger partial charge in [-0.05, 0) is 32.1 Å². The topological polar surface area (TPSA) is 115 Å². The van der Waals surface area contributed by atoms with Gasteiger partial charge in [-0.25, -0.2) is 0 Å². The molecule has 0 aromatic carbocycles. The number of fused-ring (bicyclic) bond motifs is 1. The first kappa shape index (κ1) is 12.0. The monoisotopic (exact) mass is 227 g/mol. The molecule has 0 amide bonds. The van der Waals surface area contributed by atoms with Crippen LogP contribution in [0.5, 0.6) is 0 Å². The molecule has 92 valence electrons. The Labute approximate surface area is 95.4 Å². The van der Waals surface area contributed by atoms with E-state index in [1.165, 1.54) is 6.92 Å². The Morgan fingerprint density at radius 1 is 1.50 bits per heavy atom. The molecular weight excluding hydrogens is 206 g/mol. The number of aliphatic hydroxyl groups is 1. The van der Waals surface area contributed by atoms with Crippen LogP contribution in [0.2, 0.25) is 0 Å². The van der Waals surface area contributed by atoms with Gasteiger partial charge in [0.25, 0.3) is 0 Å². The number of hydrogen-bond donors (Lipinski definition) is 4. The van der Waals surface area contributed by atoms with Crippen LogP contribution in [0, 0.1) is 17.3 Å². The van der Waals surface area contributed by atoms with E-state index in [2.05, 4.69) is 0 Å². The van der Waals surface area contributed by atoms with Gasteiger partial charge in [-0.15, -0.1) is 0 Å². The number of ketones is 1. The van der Waals surface area contributed by atoms with Crippen molar-refractivity contribution in [2.45, 2.75) is 44.5 Å². The minimum atomic E-state index is -1.19. The summed E-state index contributed by atoms with van der Waals surface area (Å²) < 4.78 is 0. The predicted molar refractivity (Wildman–Crippen MR) is 59.9 cm³/mol. The van der Waals surface area contributed by atoms with E-state index < -0.39 is 11.9 Å². The van der Waals surface area contributed by atoms with Gasteiger partial charge in [-0.3, -0.25) is 4.79 Å². The Morgan fingerprint density at radius 3 is 2.62 bits per heavy atom. The second-order valence-corrected chi connectivity index (χ2v) is 5.56. The van der Waals surface area contributed by atoms with E-state index >= 15 is 0 Å². The molecular formula is C11H21N3O2. The number of nitrogens with two attached hydrogens (primary N) is 3. The molecule has 5 heteroatoms. The van der Waals surface area contributed by atoms with Gasteiger partial charge in [0.1, 0.15) is 11.9 Å².